The molecule has 1 amide bonds. The first-order valence-corrected chi connectivity index (χ1v) is 7.24. The molecule has 0 bridgehead atoms. The van der Waals surface area contributed by atoms with Crippen molar-refractivity contribution in [3.8, 4) is 0 Å². The number of rotatable bonds is 5. The van der Waals surface area contributed by atoms with Crippen LogP contribution in [0.5, 0.6) is 0 Å². The molecule has 21 heavy (non-hydrogen) atoms. The van der Waals surface area contributed by atoms with Gasteiger partial charge in [-0.3, -0.25) is 9.59 Å². The Labute approximate surface area is 125 Å². The van der Waals surface area contributed by atoms with Crippen LogP contribution in [0.25, 0.3) is 0 Å². The fraction of sp³-hybridized carbons (Fsp3) is 0.412. The normalized spacial score (nSPS) is 16.8. The first-order valence-electron chi connectivity index (χ1n) is 7.24. The van der Waals surface area contributed by atoms with Crippen molar-refractivity contribution in [3.05, 3.63) is 41.5 Å². The second-order valence-electron chi connectivity index (χ2n) is 5.50. The van der Waals surface area contributed by atoms with Crippen LogP contribution in [0.4, 0.5) is 5.69 Å². The third kappa shape index (κ3) is 4.74. The summed E-state index contributed by atoms with van der Waals surface area (Å²) in [6.07, 6.45) is 6.48. The standard InChI is InChI=1S/C17H21NO3/c1-12-7-8-13(2)15(9-12)18-16(19)11-21-17(20)10-14-5-3-4-6-14/h3,5,7-9,14H,4,6,10-11H2,1-2H3,(H,18,19)/t14-/m0/s1. The zero-order chi connectivity index (χ0) is 15.2. The minimum absolute atomic E-state index is 0.233. The highest BCUT2D eigenvalue weighted by Crippen LogP contribution is 2.20. The highest BCUT2D eigenvalue weighted by atomic mass is 16.5. The topological polar surface area (TPSA) is 55.4 Å². The number of carbonyl (C=O) groups excluding carboxylic acids is 2. The van der Waals surface area contributed by atoms with Gasteiger partial charge in [-0.15, -0.1) is 0 Å². The molecule has 0 saturated carbocycles. The van der Waals surface area contributed by atoms with Crippen molar-refractivity contribution in [1.82, 2.24) is 0 Å². The molecule has 0 fully saturated rings. The molecule has 1 aliphatic rings. The number of allylic oxidation sites excluding steroid dienone is 2. The molecule has 1 aliphatic carbocycles. The number of hydrogen-bond acceptors (Lipinski definition) is 3. The van der Waals surface area contributed by atoms with Gasteiger partial charge in [0.05, 0.1) is 6.42 Å². The molecule has 1 aromatic carbocycles. The number of aryl methyl sites for hydroxylation is 2. The summed E-state index contributed by atoms with van der Waals surface area (Å²) in [6, 6.07) is 5.84. The van der Waals surface area contributed by atoms with E-state index in [4.69, 9.17) is 4.74 Å². The summed E-state index contributed by atoms with van der Waals surface area (Å²) in [4.78, 5) is 23.5. The van der Waals surface area contributed by atoms with E-state index >= 15 is 0 Å². The van der Waals surface area contributed by atoms with E-state index in [2.05, 4.69) is 11.4 Å². The van der Waals surface area contributed by atoms with E-state index in [0.717, 1.165) is 29.7 Å². The minimum atomic E-state index is -0.317. The van der Waals surface area contributed by atoms with Gasteiger partial charge >= 0.3 is 5.97 Å². The zero-order valence-corrected chi connectivity index (χ0v) is 12.5. The van der Waals surface area contributed by atoms with Gasteiger partial charge in [-0.05, 0) is 49.8 Å². The fourth-order valence-corrected chi connectivity index (χ4v) is 2.34. The average molecular weight is 287 g/mol. The van der Waals surface area contributed by atoms with Crippen LogP contribution in [0.3, 0.4) is 0 Å². The lowest BCUT2D eigenvalue weighted by atomic mass is 10.1. The maximum absolute atomic E-state index is 11.8. The number of amides is 1. The monoisotopic (exact) mass is 287 g/mol. The van der Waals surface area contributed by atoms with Gasteiger partial charge in [-0.2, -0.15) is 0 Å². The molecule has 1 N–H and O–H groups in total. The number of carbonyl (C=O) groups is 2. The Morgan fingerprint density at radius 3 is 2.86 bits per heavy atom. The van der Waals surface area contributed by atoms with E-state index in [1.54, 1.807) is 0 Å². The maximum Gasteiger partial charge on any atom is 0.306 e. The van der Waals surface area contributed by atoms with Gasteiger partial charge in [-0.25, -0.2) is 0 Å². The molecular formula is C17H21NO3. The molecule has 112 valence electrons. The van der Waals surface area contributed by atoms with Crippen molar-refractivity contribution in [2.75, 3.05) is 11.9 Å². The number of benzene rings is 1. The number of nitrogens with one attached hydrogen (secondary N) is 1. The third-order valence-electron chi connectivity index (χ3n) is 3.57. The second-order valence-corrected chi connectivity index (χ2v) is 5.50. The van der Waals surface area contributed by atoms with E-state index in [1.807, 2.05) is 38.1 Å². The van der Waals surface area contributed by atoms with Crippen LogP contribution in [-0.2, 0) is 14.3 Å². The highest BCUT2D eigenvalue weighted by Gasteiger charge is 2.16. The lowest BCUT2D eigenvalue weighted by Gasteiger charge is -2.11. The van der Waals surface area contributed by atoms with Crippen molar-refractivity contribution in [1.29, 1.82) is 0 Å². The molecule has 4 heteroatoms. The molecule has 2 rings (SSSR count). The van der Waals surface area contributed by atoms with Crippen LogP contribution in [-0.4, -0.2) is 18.5 Å². The van der Waals surface area contributed by atoms with Crippen LogP contribution in [0.1, 0.15) is 30.4 Å². The Morgan fingerprint density at radius 2 is 2.14 bits per heavy atom. The lowest BCUT2D eigenvalue weighted by Crippen LogP contribution is -2.22. The average Bonchev–Trinajstić information content (AvgIpc) is 2.93. The molecular weight excluding hydrogens is 266 g/mol. The number of esters is 1. The van der Waals surface area contributed by atoms with Gasteiger partial charge in [-0.1, -0.05) is 24.3 Å². The van der Waals surface area contributed by atoms with Crippen molar-refractivity contribution >= 4 is 17.6 Å². The van der Waals surface area contributed by atoms with Gasteiger partial charge < -0.3 is 10.1 Å². The van der Waals surface area contributed by atoms with E-state index in [0.29, 0.717) is 6.42 Å². The Kier molecular flexibility index (Phi) is 5.14. The van der Waals surface area contributed by atoms with Crippen molar-refractivity contribution in [2.45, 2.75) is 33.1 Å². The van der Waals surface area contributed by atoms with Crippen molar-refractivity contribution in [3.63, 3.8) is 0 Å². The molecule has 4 nitrogen and oxygen atoms in total. The summed E-state index contributed by atoms with van der Waals surface area (Å²) in [5.74, 6) is -0.360. The molecule has 0 saturated heterocycles. The number of hydrogen-bond donors (Lipinski definition) is 1. The maximum atomic E-state index is 11.8. The van der Waals surface area contributed by atoms with Crippen LogP contribution in [0.2, 0.25) is 0 Å². The van der Waals surface area contributed by atoms with Crippen LogP contribution in [0.15, 0.2) is 30.4 Å². The zero-order valence-electron chi connectivity index (χ0n) is 12.5. The van der Waals surface area contributed by atoms with Gasteiger partial charge in [0, 0.05) is 5.69 Å². The summed E-state index contributed by atoms with van der Waals surface area (Å²) >= 11 is 0. The summed E-state index contributed by atoms with van der Waals surface area (Å²) < 4.78 is 5.02. The summed E-state index contributed by atoms with van der Waals surface area (Å²) in [7, 11) is 0. The van der Waals surface area contributed by atoms with Crippen molar-refractivity contribution < 1.29 is 14.3 Å². The van der Waals surface area contributed by atoms with E-state index < -0.39 is 0 Å². The quantitative estimate of drug-likeness (QED) is 0.668. The molecule has 0 unspecified atom stereocenters. The van der Waals surface area contributed by atoms with Gasteiger partial charge in [0.25, 0.3) is 5.91 Å². The van der Waals surface area contributed by atoms with Crippen LogP contribution < -0.4 is 5.32 Å². The molecule has 0 heterocycles. The predicted octanol–water partition coefficient (Wildman–Crippen LogP) is 3.14. The largest absolute Gasteiger partial charge is 0.456 e. The first kappa shape index (κ1) is 15.3. The number of anilines is 1. The smallest absolute Gasteiger partial charge is 0.306 e. The van der Waals surface area contributed by atoms with Crippen LogP contribution in [0, 0.1) is 19.8 Å². The first-order chi connectivity index (χ1) is 10.0. The highest BCUT2D eigenvalue weighted by molar-refractivity contribution is 5.93. The SMILES string of the molecule is Cc1ccc(C)c(NC(=O)COC(=O)C[C@H]2C=CCC2)c1. The van der Waals surface area contributed by atoms with Crippen LogP contribution >= 0.6 is 0 Å². The van der Waals surface area contributed by atoms with Gasteiger partial charge in [0.1, 0.15) is 0 Å². The Hall–Kier alpha value is -2.10. The van der Waals surface area contributed by atoms with E-state index in [-0.39, 0.29) is 24.4 Å². The van der Waals surface area contributed by atoms with E-state index in [9.17, 15) is 9.59 Å². The Bertz CT molecular complexity index is 563. The summed E-state index contributed by atoms with van der Waals surface area (Å²) in [5.41, 5.74) is 2.81. The Morgan fingerprint density at radius 1 is 1.33 bits per heavy atom. The summed E-state index contributed by atoms with van der Waals surface area (Å²) in [5, 5.41) is 2.77. The number of ether oxygens (including phenoxy) is 1. The van der Waals surface area contributed by atoms with Crippen molar-refractivity contribution in [2.24, 2.45) is 5.92 Å². The summed E-state index contributed by atoms with van der Waals surface area (Å²) in [6.45, 7) is 3.65. The molecule has 0 radical (unpaired) electrons. The molecule has 1 aromatic rings. The van der Waals surface area contributed by atoms with E-state index in [1.165, 1.54) is 0 Å². The predicted molar refractivity (Wildman–Crippen MR) is 82.0 cm³/mol. The molecule has 1 atom stereocenters. The molecule has 0 aromatic heterocycles. The van der Waals surface area contributed by atoms with Gasteiger partial charge in [0.15, 0.2) is 6.61 Å². The second kappa shape index (κ2) is 7.07. The molecule has 0 aliphatic heterocycles. The lowest BCUT2D eigenvalue weighted by molar-refractivity contribution is -0.147. The third-order valence-corrected chi connectivity index (χ3v) is 3.57. The fourth-order valence-electron chi connectivity index (χ4n) is 2.34. The molecule has 0 spiro atoms. The minimum Gasteiger partial charge on any atom is -0.456 e. The van der Waals surface area contributed by atoms with Gasteiger partial charge in [0.2, 0.25) is 0 Å². The Balaban J connectivity index is 1.77.